The Hall–Kier alpha value is -1.37. The van der Waals surface area contributed by atoms with Crippen LogP contribution in [-0.4, -0.2) is 49.0 Å². The van der Waals surface area contributed by atoms with Crippen molar-refractivity contribution in [2.24, 2.45) is 0 Å². The first kappa shape index (κ1) is 16.0. The number of hydrogen-bond acceptors (Lipinski definition) is 6. The van der Waals surface area contributed by atoms with Gasteiger partial charge in [-0.2, -0.15) is 0 Å². The van der Waals surface area contributed by atoms with Crippen LogP contribution in [0.3, 0.4) is 0 Å². The molecule has 0 bridgehead atoms. The summed E-state index contributed by atoms with van der Waals surface area (Å²) in [7, 11) is -2.92. The van der Waals surface area contributed by atoms with Crippen LogP contribution in [0.4, 0.5) is 11.6 Å². The molecule has 0 aliphatic carbocycles. The van der Waals surface area contributed by atoms with E-state index in [0.717, 1.165) is 36.0 Å². The van der Waals surface area contributed by atoms with Gasteiger partial charge in [0.15, 0.2) is 9.84 Å². The number of nitrogens with zero attached hydrogens (tertiary/aromatic N) is 3. The second kappa shape index (κ2) is 6.17. The summed E-state index contributed by atoms with van der Waals surface area (Å²) in [6.45, 7) is 9.27. The molecule has 1 aromatic heterocycles. The molecule has 1 N–H and O–H groups in total. The maximum atomic E-state index is 11.7. The molecule has 2 heterocycles. The molecule has 0 amide bonds. The fourth-order valence-corrected chi connectivity index (χ4v) is 4.20. The summed E-state index contributed by atoms with van der Waals surface area (Å²) in [5.74, 6) is 2.88. The van der Waals surface area contributed by atoms with Crippen molar-refractivity contribution in [2.75, 3.05) is 34.8 Å². The van der Waals surface area contributed by atoms with Gasteiger partial charge in [0.05, 0.1) is 11.5 Å². The van der Waals surface area contributed by atoms with Crippen LogP contribution < -0.4 is 10.2 Å². The lowest BCUT2D eigenvalue weighted by Crippen LogP contribution is -2.47. The molecule has 0 saturated carbocycles. The van der Waals surface area contributed by atoms with Gasteiger partial charge in [-0.3, -0.25) is 0 Å². The van der Waals surface area contributed by atoms with Gasteiger partial charge < -0.3 is 10.2 Å². The van der Waals surface area contributed by atoms with Crippen LogP contribution >= 0.6 is 0 Å². The Morgan fingerprint density at radius 3 is 2.62 bits per heavy atom. The standard InChI is InChI=1S/C14H24N4O2S/c1-5-12-16-13(15-6-2)11(4)14(17-12)18-7-8-21(19,20)9-10(18)3/h10H,5-9H2,1-4H3,(H,15,16,17). The summed E-state index contributed by atoms with van der Waals surface area (Å²) in [6.07, 6.45) is 0.756. The van der Waals surface area contributed by atoms with E-state index in [9.17, 15) is 8.42 Å². The van der Waals surface area contributed by atoms with Gasteiger partial charge in [0.1, 0.15) is 17.5 Å². The molecule has 7 heteroatoms. The lowest BCUT2D eigenvalue weighted by molar-refractivity contribution is 0.566. The molecule has 118 valence electrons. The van der Waals surface area contributed by atoms with Gasteiger partial charge in [0.25, 0.3) is 0 Å². The second-order valence-electron chi connectivity index (χ2n) is 5.48. The maximum absolute atomic E-state index is 11.7. The van der Waals surface area contributed by atoms with Crippen LogP contribution in [0.5, 0.6) is 0 Å². The maximum Gasteiger partial charge on any atom is 0.154 e. The van der Waals surface area contributed by atoms with Crippen molar-refractivity contribution in [3.8, 4) is 0 Å². The number of aromatic nitrogens is 2. The first-order valence-electron chi connectivity index (χ1n) is 7.46. The Morgan fingerprint density at radius 2 is 2.05 bits per heavy atom. The highest BCUT2D eigenvalue weighted by molar-refractivity contribution is 7.91. The highest BCUT2D eigenvalue weighted by Crippen LogP contribution is 2.27. The normalized spacial score (nSPS) is 21.3. The third kappa shape index (κ3) is 3.45. The Balaban J connectivity index is 2.41. The van der Waals surface area contributed by atoms with Crippen molar-refractivity contribution in [3.63, 3.8) is 0 Å². The molecule has 1 saturated heterocycles. The van der Waals surface area contributed by atoms with Crippen LogP contribution in [0.15, 0.2) is 0 Å². The molecule has 21 heavy (non-hydrogen) atoms. The van der Waals surface area contributed by atoms with Gasteiger partial charge in [0, 0.05) is 31.1 Å². The van der Waals surface area contributed by atoms with E-state index in [1.54, 1.807) is 0 Å². The van der Waals surface area contributed by atoms with E-state index < -0.39 is 9.84 Å². The first-order valence-corrected chi connectivity index (χ1v) is 9.28. The molecule has 0 aromatic carbocycles. The zero-order valence-corrected chi connectivity index (χ0v) is 14.0. The molecule has 0 spiro atoms. The molecule has 2 rings (SSSR count). The number of nitrogens with one attached hydrogen (secondary N) is 1. The molecule has 1 atom stereocenters. The second-order valence-corrected chi connectivity index (χ2v) is 7.71. The van der Waals surface area contributed by atoms with Crippen molar-refractivity contribution in [3.05, 3.63) is 11.4 Å². The largest absolute Gasteiger partial charge is 0.370 e. The van der Waals surface area contributed by atoms with E-state index in [2.05, 4.69) is 20.2 Å². The summed E-state index contributed by atoms with van der Waals surface area (Å²) in [6, 6.07) is -0.0588. The van der Waals surface area contributed by atoms with Crippen LogP contribution in [0.1, 0.15) is 32.2 Å². The lowest BCUT2D eigenvalue weighted by atomic mass is 10.2. The average molecular weight is 312 g/mol. The molecule has 1 fully saturated rings. The van der Waals surface area contributed by atoms with Gasteiger partial charge in [-0.25, -0.2) is 18.4 Å². The predicted molar refractivity (Wildman–Crippen MR) is 85.8 cm³/mol. The summed E-state index contributed by atoms with van der Waals surface area (Å²) in [4.78, 5) is 11.3. The summed E-state index contributed by atoms with van der Waals surface area (Å²) >= 11 is 0. The van der Waals surface area contributed by atoms with Crippen molar-refractivity contribution >= 4 is 21.5 Å². The minimum absolute atomic E-state index is 0.0588. The first-order chi connectivity index (χ1) is 9.88. The van der Waals surface area contributed by atoms with Crippen LogP contribution in [0, 0.1) is 6.92 Å². The molecule has 6 nitrogen and oxygen atoms in total. The van der Waals surface area contributed by atoms with E-state index in [0.29, 0.717) is 6.54 Å². The van der Waals surface area contributed by atoms with Crippen molar-refractivity contribution in [1.29, 1.82) is 0 Å². The van der Waals surface area contributed by atoms with Gasteiger partial charge in [-0.05, 0) is 20.8 Å². The molecule has 1 aliphatic heterocycles. The van der Waals surface area contributed by atoms with E-state index >= 15 is 0 Å². The van der Waals surface area contributed by atoms with Gasteiger partial charge in [-0.15, -0.1) is 0 Å². The van der Waals surface area contributed by atoms with E-state index in [-0.39, 0.29) is 17.5 Å². The minimum atomic E-state index is -2.92. The SMILES string of the molecule is CCNc1nc(CC)nc(N2CCS(=O)(=O)CC2C)c1C. The number of anilines is 2. The fourth-order valence-electron chi connectivity index (χ4n) is 2.64. The molecular weight excluding hydrogens is 288 g/mol. The smallest absolute Gasteiger partial charge is 0.154 e. The fraction of sp³-hybridized carbons (Fsp3) is 0.714. The summed E-state index contributed by atoms with van der Waals surface area (Å²) in [5, 5.41) is 3.27. The van der Waals surface area contributed by atoms with Crippen molar-refractivity contribution in [1.82, 2.24) is 9.97 Å². The monoisotopic (exact) mass is 312 g/mol. The highest BCUT2D eigenvalue weighted by atomic mass is 32.2. The third-order valence-electron chi connectivity index (χ3n) is 3.77. The number of aryl methyl sites for hydroxylation is 1. The zero-order valence-electron chi connectivity index (χ0n) is 13.2. The van der Waals surface area contributed by atoms with E-state index in [1.165, 1.54) is 0 Å². The average Bonchev–Trinajstić information content (AvgIpc) is 2.41. The Bertz CT molecular complexity index is 616. The quantitative estimate of drug-likeness (QED) is 0.906. The summed E-state index contributed by atoms with van der Waals surface area (Å²) in [5.41, 5.74) is 0.986. The Kier molecular flexibility index (Phi) is 4.70. The van der Waals surface area contributed by atoms with Gasteiger partial charge >= 0.3 is 0 Å². The highest BCUT2D eigenvalue weighted by Gasteiger charge is 2.30. The number of rotatable bonds is 4. The van der Waals surface area contributed by atoms with E-state index in [1.807, 2.05) is 27.7 Å². The van der Waals surface area contributed by atoms with Crippen molar-refractivity contribution < 1.29 is 8.42 Å². The van der Waals surface area contributed by atoms with Gasteiger partial charge in [-0.1, -0.05) is 6.92 Å². The molecule has 1 aliphatic rings. The lowest BCUT2D eigenvalue weighted by Gasteiger charge is -2.35. The Labute approximate surface area is 126 Å². The van der Waals surface area contributed by atoms with Crippen LogP contribution in [0.2, 0.25) is 0 Å². The Morgan fingerprint density at radius 1 is 1.33 bits per heavy atom. The zero-order chi connectivity index (χ0) is 15.6. The summed E-state index contributed by atoms with van der Waals surface area (Å²) < 4.78 is 23.5. The minimum Gasteiger partial charge on any atom is -0.370 e. The van der Waals surface area contributed by atoms with Gasteiger partial charge in [0.2, 0.25) is 0 Å². The third-order valence-corrected chi connectivity index (χ3v) is 5.56. The predicted octanol–water partition coefficient (Wildman–Crippen LogP) is 1.40. The van der Waals surface area contributed by atoms with Crippen molar-refractivity contribution in [2.45, 2.75) is 40.2 Å². The molecule has 1 aromatic rings. The number of hydrogen-bond donors (Lipinski definition) is 1. The van der Waals surface area contributed by atoms with E-state index in [4.69, 9.17) is 0 Å². The molecule has 0 radical (unpaired) electrons. The molecule has 1 unspecified atom stereocenters. The molecular formula is C14H24N4O2S. The van der Waals surface area contributed by atoms with Crippen LogP contribution in [0.25, 0.3) is 0 Å². The topological polar surface area (TPSA) is 75.2 Å². The number of sulfone groups is 1. The van der Waals surface area contributed by atoms with Crippen LogP contribution in [-0.2, 0) is 16.3 Å².